The highest BCUT2D eigenvalue weighted by atomic mass is 19.4. The van der Waals surface area contributed by atoms with Crippen molar-refractivity contribution in [1.82, 2.24) is 0 Å². The molecule has 2 radical (unpaired) electrons. The van der Waals surface area contributed by atoms with Crippen molar-refractivity contribution >= 4 is 5.78 Å². The van der Waals surface area contributed by atoms with Crippen molar-refractivity contribution < 1.29 is 31.5 Å². The number of ether oxygens (including phenoxy) is 1. The SMILES string of the molecule is O=C1C[CH]CCC1Oc1ccc[c]c1C(F)(F)C(F)(F)F. The van der Waals surface area contributed by atoms with Crippen molar-refractivity contribution in [1.29, 1.82) is 0 Å². The Balaban J connectivity index is 2.31. The van der Waals surface area contributed by atoms with Crippen molar-refractivity contribution in [2.75, 3.05) is 0 Å². The molecule has 114 valence electrons. The molecule has 0 amide bonds. The Morgan fingerprint density at radius 2 is 1.95 bits per heavy atom. The normalized spacial score (nSPS) is 20.4. The number of benzene rings is 1. The van der Waals surface area contributed by atoms with E-state index in [0.717, 1.165) is 12.1 Å². The summed E-state index contributed by atoms with van der Waals surface area (Å²) in [4.78, 5) is 11.6. The van der Waals surface area contributed by atoms with Gasteiger partial charge < -0.3 is 4.74 Å². The Bertz CT molecular complexity index is 524. The van der Waals surface area contributed by atoms with Crippen LogP contribution in [0.3, 0.4) is 0 Å². The van der Waals surface area contributed by atoms with Gasteiger partial charge in [0.05, 0.1) is 5.56 Å². The van der Waals surface area contributed by atoms with Gasteiger partial charge in [0.15, 0.2) is 11.9 Å². The topological polar surface area (TPSA) is 26.3 Å². The second-order valence-corrected chi connectivity index (χ2v) is 4.62. The number of carbonyl (C=O) groups is 1. The van der Waals surface area contributed by atoms with Crippen LogP contribution in [0, 0.1) is 12.5 Å². The van der Waals surface area contributed by atoms with E-state index in [1.54, 1.807) is 6.42 Å². The summed E-state index contributed by atoms with van der Waals surface area (Å²) in [6, 6.07) is 5.03. The Labute approximate surface area is 117 Å². The molecule has 7 heteroatoms. The molecule has 0 spiro atoms. The predicted octanol–water partition coefficient (Wildman–Crippen LogP) is 3.85. The summed E-state index contributed by atoms with van der Waals surface area (Å²) in [6.07, 6.45) is -4.14. The molecule has 0 aliphatic heterocycles. The first-order valence-corrected chi connectivity index (χ1v) is 6.20. The lowest BCUT2D eigenvalue weighted by Crippen LogP contribution is -2.36. The van der Waals surface area contributed by atoms with Gasteiger partial charge in [-0.15, -0.1) is 0 Å². The molecular weight excluding hydrogens is 295 g/mol. The average molecular weight is 306 g/mol. The largest absolute Gasteiger partial charge is 0.482 e. The number of alkyl halides is 5. The molecule has 1 atom stereocenters. The summed E-state index contributed by atoms with van der Waals surface area (Å²) in [6.45, 7) is 0. The van der Waals surface area contributed by atoms with E-state index in [4.69, 9.17) is 4.74 Å². The molecule has 1 aliphatic carbocycles. The van der Waals surface area contributed by atoms with Crippen molar-refractivity contribution in [2.45, 2.75) is 37.5 Å². The summed E-state index contributed by atoms with van der Waals surface area (Å²) >= 11 is 0. The molecule has 2 rings (SSSR count). The van der Waals surface area contributed by atoms with Crippen LogP contribution in [0.25, 0.3) is 0 Å². The Kier molecular flexibility index (Phi) is 4.20. The van der Waals surface area contributed by atoms with Crippen LogP contribution in [-0.4, -0.2) is 18.1 Å². The molecule has 0 aromatic heterocycles. The van der Waals surface area contributed by atoms with Crippen LogP contribution in [0.5, 0.6) is 5.75 Å². The molecule has 2 nitrogen and oxygen atoms in total. The maximum atomic E-state index is 13.4. The van der Waals surface area contributed by atoms with Crippen LogP contribution in [0.1, 0.15) is 24.8 Å². The highest BCUT2D eigenvalue weighted by Crippen LogP contribution is 2.47. The van der Waals surface area contributed by atoms with Crippen LogP contribution in [0.2, 0.25) is 0 Å². The van der Waals surface area contributed by atoms with Crippen LogP contribution in [0.15, 0.2) is 18.2 Å². The van der Waals surface area contributed by atoms with Gasteiger partial charge in [-0.3, -0.25) is 4.79 Å². The average Bonchev–Trinajstić information content (AvgIpc) is 2.40. The lowest BCUT2D eigenvalue weighted by atomic mass is 9.96. The minimum absolute atomic E-state index is 0.117. The number of ketones is 1. The highest BCUT2D eigenvalue weighted by molar-refractivity contribution is 5.85. The Morgan fingerprint density at radius 3 is 2.57 bits per heavy atom. The Morgan fingerprint density at radius 1 is 1.24 bits per heavy atom. The molecule has 0 saturated heterocycles. The van der Waals surface area contributed by atoms with Gasteiger partial charge in [-0.2, -0.15) is 22.0 Å². The fraction of sp³-hybridized carbons (Fsp3) is 0.429. The minimum atomic E-state index is -5.76. The zero-order chi connectivity index (χ0) is 15.7. The van der Waals surface area contributed by atoms with Crippen LogP contribution < -0.4 is 4.74 Å². The quantitative estimate of drug-likeness (QED) is 0.793. The molecule has 0 N–H and O–H groups in total. The monoisotopic (exact) mass is 306 g/mol. The van der Waals surface area contributed by atoms with Crippen LogP contribution in [0.4, 0.5) is 22.0 Å². The smallest absolute Gasteiger partial charge is 0.458 e. The standard InChI is InChI=1S/C14H11F5O2/c15-13(16,14(17,18)19)9-5-1-3-7-11(9)21-12-8-4-2-6-10(12)20/h1-3,7,12H,4,6,8H2. The molecule has 0 bridgehead atoms. The van der Waals surface area contributed by atoms with E-state index in [1.165, 1.54) is 6.07 Å². The van der Waals surface area contributed by atoms with E-state index < -0.39 is 29.5 Å². The number of carbonyl (C=O) groups excluding carboxylic acids is 1. The molecule has 1 aliphatic rings. The number of rotatable bonds is 3. The van der Waals surface area contributed by atoms with E-state index >= 15 is 0 Å². The van der Waals surface area contributed by atoms with Gasteiger partial charge >= 0.3 is 12.1 Å². The summed E-state index contributed by atoms with van der Waals surface area (Å²) < 4.78 is 69.4. The van der Waals surface area contributed by atoms with E-state index in [0.29, 0.717) is 6.42 Å². The van der Waals surface area contributed by atoms with E-state index in [1.807, 2.05) is 6.07 Å². The van der Waals surface area contributed by atoms with Gasteiger partial charge in [0, 0.05) is 6.42 Å². The molecule has 0 heterocycles. The van der Waals surface area contributed by atoms with E-state index in [2.05, 4.69) is 0 Å². The third-order valence-electron chi connectivity index (χ3n) is 3.09. The van der Waals surface area contributed by atoms with Crippen molar-refractivity contribution in [3.8, 4) is 5.75 Å². The second kappa shape index (κ2) is 5.61. The first-order valence-electron chi connectivity index (χ1n) is 6.20. The molecule has 1 fully saturated rings. The fourth-order valence-electron chi connectivity index (χ4n) is 1.99. The van der Waals surface area contributed by atoms with Gasteiger partial charge in [0.25, 0.3) is 0 Å². The van der Waals surface area contributed by atoms with Crippen LogP contribution >= 0.6 is 0 Å². The number of hydrogen-bond donors (Lipinski definition) is 0. The van der Waals surface area contributed by atoms with Gasteiger partial charge in [-0.25, -0.2) is 0 Å². The third kappa shape index (κ3) is 3.16. The maximum Gasteiger partial charge on any atom is 0.458 e. The number of hydrogen-bond acceptors (Lipinski definition) is 2. The van der Waals surface area contributed by atoms with E-state index in [-0.39, 0.29) is 18.6 Å². The fourth-order valence-corrected chi connectivity index (χ4v) is 1.99. The van der Waals surface area contributed by atoms with Crippen molar-refractivity contribution in [2.24, 2.45) is 0 Å². The second-order valence-electron chi connectivity index (χ2n) is 4.62. The third-order valence-corrected chi connectivity index (χ3v) is 3.09. The molecule has 1 aromatic rings. The predicted molar refractivity (Wildman–Crippen MR) is 62.8 cm³/mol. The maximum absolute atomic E-state index is 13.4. The summed E-state index contributed by atoms with van der Waals surface area (Å²) in [5.41, 5.74) is -1.40. The van der Waals surface area contributed by atoms with Crippen molar-refractivity contribution in [3.63, 3.8) is 0 Å². The molecule has 1 saturated carbocycles. The van der Waals surface area contributed by atoms with Crippen molar-refractivity contribution in [3.05, 3.63) is 36.2 Å². The molecule has 21 heavy (non-hydrogen) atoms. The minimum Gasteiger partial charge on any atom is -0.482 e. The molecule has 1 aromatic carbocycles. The molecular formula is C14H11F5O2. The Hall–Kier alpha value is -1.66. The molecule has 1 unspecified atom stereocenters. The van der Waals surface area contributed by atoms with E-state index in [9.17, 15) is 26.7 Å². The van der Waals surface area contributed by atoms with Crippen LogP contribution in [-0.2, 0) is 10.7 Å². The zero-order valence-electron chi connectivity index (χ0n) is 10.7. The summed E-state index contributed by atoms with van der Waals surface area (Å²) in [7, 11) is 0. The number of halogens is 5. The lowest BCUT2D eigenvalue weighted by molar-refractivity contribution is -0.289. The summed E-state index contributed by atoms with van der Waals surface area (Å²) in [5, 5.41) is 0. The zero-order valence-corrected chi connectivity index (χ0v) is 10.7. The number of Topliss-reactive ketones (excluding diaryl/α,β-unsaturated/α-hetero) is 1. The first kappa shape index (κ1) is 15.7. The van der Waals surface area contributed by atoms with Gasteiger partial charge in [0.1, 0.15) is 5.75 Å². The van der Waals surface area contributed by atoms with Gasteiger partial charge in [-0.05, 0) is 31.4 Å². The summed E-state index contributed by atoms with van der Waals surface area (Å²) in [5.74, 6) is -6.10. The van der Waals surface area contributed by atoms with Gasteiger partial charge in [-0.1, -0.05) is 12.1 Å². The first-order chi connectivity index (χ1) is 9.73. The highest BCUT2D eigenvalue weighted by Gasteiger charge is 2.60. The van der Waals surface area contributed by atoms with Gasteiger partial charge in [0.2, 0.25) is 0 Å². The lowest BCUT2D eigenvalue weighted by Gasteiger charge is -2.26.